The Morgan fingerprint density at radius 2 is 1.67 bits per heavy atom. The van der Waals surface area contributed by atoms with Gasteiger partial charge in [-0.15, -0.1) is 0 Å². The molecule has 0 saturated carbocycles. The smallest absolute Gasteiger partial charge is 0.452 e. The van der Waals surface area contributed by atoms with Crippen molar-refractivity contribution < 1.29 is 32.3 Å². The Bertz CT molecular complexity index is 1140. The van der Waals surface area contributed by atoms with Gasteiger partial charge in [0.1, 0.15) is 0 Å². The Balaban J connectivity index is 1.49. The molecule has 13 heteroatoms. The van der Waals surface area contributed by atoms with Gasteiger partial charge < -0.3 is 24.6 Å². The van der Waals surface area contributed by atoms with Gasteiger partial charge in [0.2, 0.25) is 17.6 Å². The summed E-state index contributed by atoms with van der Waals surface area (Å²) in [5.74, 6) is -2.66. The highest BCUT2D eigenvalue weighted by atomic mass is 19.4. The summed E-state index contributed by atoms with van der Waals surface area (Å²) in [4.78, 5) is 38.5. The van der Waals surface area contributed by atoms with Gasteiger partial charge in [-0.05, 0) is 12.1 Å². The Morgan fingerprint density at radius 1 is 1.03 bits per heavy atom. The number of piperazine rings is 1. The van der Waals surface area contributed by atoms with Crippen LogP contribution in [0.5, 0.6) is 0 Å². The van der Waals surface area contributed by atoms with Crippen LogP contribution in [0, 0.1) is 0 Å². The number of hydrogen-bond donors (Lipinski definition) is 2. The molecule has 3 aromatic rings. The summed E-state index contributed by atoms with van der Waals surface area (Å²) in [6.07, 6.45) is -3.44. The molecule has 4 rings (SSSR count). The Morgan fingerprint density at radius 3 is 2.24 bits per heavy atom. The van der Waals surface area contributed by atoms with E-state index in [4.69, 9.17) is 9.52 Å². The van der Waals surface area contributed by atoms with Crippen molar-refractivity contribution in [3.63, 3.8) is 0 Å². The van der Waals surface area contributed by atoms with Crippen LogP contribution in [-0.4, -0.2) is 63.1 Å². The van der Waals surface area contributed by atoms with E-state index in [9.17, 15) is 22.8 Å². The molecule has 2 N–H and O–H groups in total. The van der Waals surface area contributed by atoms with E-state index in [2.05, 4.69) is 20.3 Å². The van der Waals surface area contributed by atoms with Crippen molar-refractivity contribution in [2.24, 2.45) is 0 Å². The lowest BCUT2D eigenvalue weighted by Crippen LogP contribution is -2.48. The third kappa shape index (κ3) is 4.86. The van der Waals surface area contributed by atoms with Gasteiger partial charge in [0.05, 0.1) is 18.1 Å². The lowest BCUT2D eigenvalue weighted by atomic mass is 10.2. The first-order valence-electron chi connectivity index (χ1n) is 9.72. The van der Waals surface area contributed by atoms with Crippen molar-refractivity contribution in [1.29, 1.82) is 0 Å². The van der Waals surface area contributed by atoms with Crippen LogP contribution in [0.2, 0.25) is 0 Å². The summed E-state index contributed by atoms with van der Waals surface area (Å²) in [5, 5.41) is 11.3. The molecule has 1 fully saturated rings. The van der Waals surface area contributed by atoms with Gasteiger partial charge in [0, 0.05) is 31.7 Å². The van der Waals surface area contributed by atoms with Gasteiger partial charge in [0.15, 0.2) is 5.69 Å². The first-order chi connectivity index (χ1) is 15.7. The van der Waals surface area contributed by atoms with Gasteiger partial charge in [-0.3, -0.25) is 4.79 Å². The van der Waals surface area contributed by atoms with E-state index >= 15 is 0 Å². The molecule has 2 amide bonds. The average molecular weight is 462 g/mol. The van der Waals surface area contributed by atoms with E-state index in [1.165, 1.54) is 29.4 Å². The van der Waals surface area contributed by atoms with E-state index in [0.29, 0.717) is 19.0 Å². The van der Waals surface area contributed by atoms with Crippen molar-refractivity contribution >= 4 is 23.6 Å². The minimum Gasteiger partial charge on any atom is -0.465 e. The molecule has 0 aliphatic carbocycles. The summed E-state index contributed by atoms with van der Waals surface area (Å²) < 4.78 is 45.2. The Labute approximate surface area is 184 Å². The maximum absolute atomic E-state index is 13.4. The van der Waals surface area contributed by atoms with Crippen molar-refractivity contribution in [3.8, 4) is 11.5 Å². The molecular weight excluding hydrogens is 445 g/mol. The molecule has 0 spiro atoms. The molecule has 0 bridgehead atoms. The molecule has 0 unspecified atom stereocenters. The average Bonchev–Trinajstić information content (AvgIpc) is 3.27. The van der Waals surface area contributed by atoms with Gasteiger partial charge >= 0.3 is 12.3 Å². The number of nitrogens with zero attached hydrogens (tertiary/aromatic N) is 5. The lowest BCUT2D eigenvalue weighted by Gasteiger charge is -2.32. The molecular formula is C20H17F3N6O4. The molecule has 172 valence electrons. The number of carboxylic acid groups (broad SMARTS) is 1. The standard InChI is InChI=1S/C20H17F3N6O4/c21-20(22,23)15-14(27-17(33-15)12-4-2-1-3-5-12)16(30)26-13-10-24-18(25-11-13)28-6-8-29(9-7-28)19(31)32/h1-5,10-11H,6-9H2,(H,26,30)(H,31,32). The van der Waals surface area contributed by atoms with Gasteiger partial charge in [-0.25, -0.2) is 19.7 Å². The molecule has 33 heavy (non-hydrogen) atoms. The second kappa shape index (κ2) is 8.76. The molecule has 10 nitrogen and oxygen atoms in total. The maximum atomic E-state index is 13.4. The van der Waals surface area contributed by atoms with E-state index in [1.807, 2.05) is 0 Å². The molecule has 1 saturated heterocycles. The third-order valence-electron chi connectivity index (χ3n) is 4.85. The zero-order valence-corrected chi connectivity index (χ0v) is 16.9. The van der Waals surface area contributed by atoms with Crippen LogP contribution in [0.4, 0.5) is 29.6 Å². The lowest BCUT2D eigenvalue weighted by molar-refractivity contribution is -0.153. The zero-order valence-electron chi connectivity index (χ0n) is 16.9. The molecule has 3 heterocycles. The number of oxazole rings is 1. The second-order valence-corrected chi connectivity index (χ2v) is 7.04. The highest BCUT2D eigenvalue weighted by molar-refractivity contribution is 6.03. The summed E-state index contributed by atoms with van der Waals surface area (Å²) in [6.45, 7) is 1.34. The predicted molar refractivity (Wildman–Crippen MR) is 109 cm³/mol. The van der Waals surface area contributed by atoms with Crippen LogP contribution < -0.4 is 10.2 Å². The van der Waals surface area contributed by atoms with E-state index in [1.54, 1.807) is 23.1 Å². The first kappa shape index (κ1) is 22.0. The van der Waals surface area contributed by atoms with E-state index < -0.39 is 29.6 Å². The Kier molecular flexibility index (Phi) is 5.85. The van der Waals surface area contributed by atoms with Gasteiger partial charge in [0.25, 0.3) is 5.91 Å². The van der Waals surface area contributed by atoms with E-state index in [-0.39, 0.29) is 30.2 Å². The van der Waals surface area contributed by atoms with Crippen molar-refractivity contribution in [2.75, 3.05) is 36.4 Å². The number of rotatable bonds is 4. The maximum Gasteiger partial charge on any atom is 0.452 e. The van der Waals surface area contributed by atoms with Crippen LogP contribution in [0.3, 0.4) is 0 Å². The number of anilines is 2. The Hall–Kier alpha value is -4.16. The van der Waals surface area contributed by atoms with Crippen LogP contribution >= 0.6 is 0 Å². The largest absolute Gasteiger partial charge is 0.465 e. The highest BCUT2D eigenvalue weighted by Gasteiger charge is 2.42. The summed E-state index contributed by atoms with van der Waals surface area (Å²) in [5.41, 5.74) is -0.557. The number of aromatic nitrogens is 3. The predicted octanol–water partition coefficient (Wildman–Crippen LogP) is 3.20. The number of hydrogen-bond acceptors (Lipinski definition) is 7. The number of carbonyl (C=O) groups excluding carboxylic acids is 1. The molecule has 1 aromatic carbocycles. The van der Waals surface area contributed by atoms with Crippen LogP contribution in [0.1, 0.15) is 16.2 Å². The van der Waals surface area contributed by atoms with Crippen molar-refractivity contribution in [1.82, 2.24) is 19.9 Å². The molecule has 0 atom stereocenters. The van der Waals surface area contributed by atoms with E-state index in [0.717, 1.165) is 0 Å². The monoisotopic (exact) mass is 462 g/mol. The molecule has 1 aliphatic rings. The molecule has 2 aromatic heterocycles. The first-order valence-corrected chi connectivity index (χ1v) is 9.72. The fraction of sp³-hybridized carbons (Fsp3) is 0.250. The van der Waals surface area contributed by atoms with Gasteiger partial charge in [-0.2, -0.15) is 13.2 Å². The topological polar surface area (TPSA) is 125 Å². The van der Waals surface area contributed by atoms with Crippen LogP contribution in [-0.2, 0) is 6.18 Å². The number of carbonyl (C=O) groups is 2. The fourth-order valence-corrected chi connectivity index (χ4v) is 3.21. The minimum absolute atomic E-state index is 0.0605. The normalized spacial score (nSPS) is 14.3. The molecule has 0 radical (unpaired) electrons. The zero-order chi connectivity index (χ0) is 23.6. The number of nitrogens with one attached hydrogen (secondary N) is 1. The number of halogens is 3. The summed E-state index contributed by atoms with van der Waals surface area (Å²) in [6, 6.07) is 7.91. The fourth-order valence-electron chi connectivity index (χ4n) is 3.21. The SMILES string of the molecule is O=C(Nc1cnc(N2CCN(C(=O)O)CC2)nc1)c1nc(-c2ccccc2)oc1C(F)(F)F. The minimum atomic E-state index is -4.93. The highest BCUT2D eigenvalue weighted by Crippen LogP contribution is 2.35. The second-order valence-electron chi connectivity index (χ2n) is 7.04. The number of benzene rings is 1. The van der Waals surface area contributed by atoms with Crippen LogP contribution in [0.25, 0.3) is 11.5 Å². The van der Waals surface area contributed by atoms with Crippen molar-refractivity contribution in [3.05, 3.63) is 54.2 Å². The van der Waals surface area contributed by atoms with Crippen LogP contribution in [0.15, 0.2) is 47.1 Å². The number of alkyl halides is 3. The quantitative estimate of drug-likeness (QED) is 0.606. The van der Waals surface area contributed by atoms with Crippen molar-refractivity contribution in [2.45, 2.75) is 6.18 Å². The summed E-state index contributed by atoms with van der Waals surface area (Å²) >= 11 is 0. The van der Waals surface area contributed by atoms with Gasteiger partial charge in [-0.1, -0.05) is 18.2 Å². The third-order valence-corrected chi connectivity index (χ3v) is 4.85. The summed E-state index contributed by atoms with van der Waals surface area (Å²) in [7, 11) is 0. The molecule has 1 aliphatic heterocycles. The number of amides is 2.